The summed E-state index contributed by atoms with van der Waals surface area (Å²) in [5.74, 6) is 0.141. The molecule has 0 amide bonds. The molecule has 0 fully saturated rings. The molecule has 0 spiro atoms. The molecule has 0 radical (unpaired) electrons. The first kappa shape index (κ1) is 11.7. The Morgan fingerprint density at radius 1 is 1.32 bits per heavy atom. The van der Waals surface area contributed by atoms with E-state index in [2.05, 4.69) is 4.98 Å². The second kappa shape index (κ2) is 4.37. The molecule has 2 aromatic heterocycles. The first-order valence-corrected chi connectivity index (χ1v) is 5.81. The lowest BCUT2D eigenvalue weighted by atomic mass is 10.1. The lowest BCUT2D eigenvalue weighted by Crippen LogP contribution is -2.22. The van der Waals surface area contributed by atoms with Crippen LogP contribution in [0.4, 0.5) is 0 Å². The first-order chi connectivity index (χ1) is 9.22. The summed E-state index contributed by atoms with van der Waals surface area (Å²) in [7, 11) is 1.53. The van der Waals surface area contributed by atoms with E-state index in [0.29, 0.717) is 16.4 Å². The number of benzene rings is 1. The van der Waals surface area contributed by atoms with Crippen molar-refractivity contribution in [1.29, 1.82) is 0 Å². The van der Waals surface area contributed by atoms with E-state index >= 15 is 0 Å². The average Bonchev–Trinajstić information content (AvgIpc) is 2.44. The number of rotatable bonds is 2. The smallest absolute Gasteiger partial charge is 0.262 e. The highest BCUT2D eigenvalue weighted by Gasteiger charge is 2.11. The molecule has 1 N–H and O–H groups in total. The summed E-state index contributed by atoms with van der Waals surface area (Å²) in [6.07, 6.45) is 1.63. The number of hydrogen-bond acceptors (Lipinski definition) is 4. The van der Waals surface area contributed by atoms with E-state index in [1.54, 1.807) is 36.5 Å². The van der Waals surface area contributed by atoms with Crippen LogP contribution in [0.2, 0.25) is 0 Å². The number of aromatic hydroxyl groups is 1. The highest BCUT2D eigenvalue weighted by atomic mass is 16.5. The molecule has 19 heavy (non-hydrogen) atoms. The van der Waals surface area contributed by atoms with Gasteiger partial charge in [-0.15, -0.1) is 0 Å². The summed E-state index contributed by atoms with van der Waals surface area (Å²) in [5.41, 5.74) is 1.13. The second-order valence-electron chi connectivity index (χ2n) is 4.25. The van der Waals surface area contributed by atoms with Crippen molar-refractivity contribution < 1.29 is 9.84 Å². The zero-order chi connectivity index (χ0) is 13.4. The fourth-order valence-corrected chi connectivity index (χ4v) is 2.25. The van der Waals surface area contributed by atoms with Crippen LogP contribution < -0.4 is 5.56 Å². The zero-order valence-corrected chi connectivity index (χ0v) is 10.3. The second-order valence-corrected chi connectivity index (χ2v) is 4.25. The molecule has 0 saturated carbocycles. The topological polar surface area (TPSA) is 64.4 Å². The molecule has 0 unspecified atom stereocenters. The van der Waals surface area contributed by atoms with Crippen molar-refractivity contribution in [2.75, 3.05) is 7.11 Å². The summed E-state index contributed by atoms with van der Waals surface area (Å²) in [6, 6.07) is 8.29. The third kappa shape index (κ3) is 1.75. The van der Waals surface area contributed by atoms with E-state index in [1.165, 1.54) is 11.7 Å². The molecule has 5 nitrogen and oxygen atoms in total. The van der Waals surface area contributed by atoms with Gasteiger partial charge < -0.3 is 9.84 Å². The maximum atomic E-state index is 12.4. The number of phenols is 1. The highest BCUT2D eigenvalue weighted by molar-refractivity contribution is 6.03. The minimum atomic E-state index is -0.150. The van der Waals surface area contributed by atoms with Crippen LogP contribution in [0.15, 0.2) is 41.3 Å². The van der Waals surface area contributed by atoms with Gasteiger partial charge in [0, 0.05) is 18.7 Å². The lowest BCUT2D eigenvalue weighted by molar-refractivity contribution is 0.132. The van der Waals surface area contributed by atoms with Gasteiger partial charge in [0.05, 0.1) is 16.4 Å². The van der Waals surface area contributed by atoms with Gasteiger partial charge in [-0.25, -0.2) is 0 Å². The summed E-state index contributed by atoms with van der Waals surface area (Å²) in [5, 5.41) is 10.9. The normalized spacial score (nSPS) is 11.2. The molecule has 0 aliphatic heterocycles. The number of pyridine rings is 2. The molecular formula is C14H12N2O3. The molecule has 0 saturated heterocycles. The van der Waals surface area contributed by atoms with E-state index in [9.17, 15) is 9.90 Å². The van der Waals surface area contributed by atoms with Crippen LogP contribution in [0.5, 0.6) is 5.75 Å². The Labute approximate surface area is 108 Å². The van der Waals surface area contributed by atoms with Gasteiger partial charge in [-0.2, -0.15) is 0 Å². The largest absolute Gasteiger partial charge is 0.508 e. The van der Waals surface area contributed by atoms with E-state index in [1.807, 2.05) is 0 Å². The highest BCUT2D eigenvalue weighted by Crippen LogP contribution is 2.24. The van der Waals surface area contributed by atoms with Crippen molar-refractivity contribution >= 4 is 21.8 Å². The Balaban J connectivity index is 2.58. The zero-order valence-electron chi connectivity index (χ0n) is 10.3. The van der Waals surface area contributed by atoms with Crippen LogP contribution in [0.1, 0.15) is 0 Å². The van der Waals surface area contributed by atoms with Crippen LogP contribution in [-0.2, 0) is 11.5 Å². The molecule has 3 aromatic rings. The molecule has 0 bridgehead atoms. The van der Waals surface area contributed by atoms with Crippen molar-refractivity contribution in [2.45, 2.75) is 6.73 Å². The predicted molar refractivity (Wildman–Crippen MR) is 72.2 cm³/mol. The Morgan fingerprint density at radius 3 is 2.95 bits per heavy atom. The molecule has 3 rings (SSSR count). The van der Waals surface area contributed by atoms with Gasteiger partial charge in [-0.3, -0.25) is 14.3 Å². The van der Waals surface area contributed by atoms with Gasteiger partial charge in [0.1, 0.15) is 12.5 Å². The average molecular weight is 256 g/mol. The molecule has 2 heterocycles. The van der Waals surface area contributed by atoms with E-state index in [-0.39, 0.29) is 18.0 Å². The van der Waals surface area contributed by atoms with Gasteiger partial charge in [0.15, 0.2) is 0 Å². The van der Waals surface area contributed by atoms with E-state index in [0.717, 1.165) is 5.39 Å². The lowest BCUT2D eigenvalue weighted by Gasteiger charge is -2.11. The van der Waals surface area contributed by atoms with Gasteiger partial charge in [-0.05, 0) is 30.3 Å². The third-order valence-corrected chi connectivity index (χ3v) is 3.07. The molecule has 96 valence electrons. The number of phenolic OH excluding ortho intramolecular Hbond substituents is 1. The molecule has 0 atom stereocenters. The monoisotopic (exact) mass is 256 g/mol. The van der Waals surface area contributed by atoms with Crippen LogP contribution in [0.25, 0.3) is 21.8 Å². The van der Waals surface area contributed by atoms with Gasteiger partial charge in [0.25, 0.3) is 5.56 Å². The molecule has 5 heteroatoms. The summed E-state index contributed by atoms with van der Waals surface area (Å²) in [6.45, 7) is 0.158. The Bertz CT molecular complexity index is 824. The maximum absolute atomic E-state index is 12.4. The molecule has 1 aromatic carbocycles. The van der Waals surface area contributed by atoms with Gasteiger partial charge in [-0.1, -0.05) is 0 Å². The summed E-state index contributed by atoms with van der Waals surface area (Å²) >= 11 is 0. The van der Waals surface area contributed by atoms with Crippen LogP contribution >= 0.6 is 0 Å². The van der Waals surface area contributed by atoms with Crippen molar-refractivity contribution in [1.82, 2.24) is 9.55 Å². The predicted octanol–water partition coefficient (Wildman–Crippen LogP) is 1.86. The standard InChI is InChI=1S/C14H12N2O3/c1-19-8-16-12-5-4-9(17)7-11(12)13-10(14(16)18)3-2-6-15-13/h2-7,17H,8H2,1H3. The third-order valence-electron chi connectivity index (χ3n) is 3.07. The van der Waals surface area contributed by atoms with Crippen molar-refractivity contribution in [2.24, 2.45) is 0 Å². The van der Waals surface area contributed by atoms with Crippen LogP contribution in [0.3, 0.4) is 0 Å². The van der Waals surface area contributed by atoms with Crippen LogP contribution in [-0.4, -0.2) is 21.8 Å². The number of fused-ring (bicyclic) bond motifs is 3. The van der Waals surface area contributed by atoms with Crippen LogP contribution in [0, 0.1) is 0 Å². The number of ether oxygens (including phenoxy) is 1. The molecule has 0 aliphatic rings. The van der Waals surface area contributed by atoms with Gasteiger partial charge >= 0.3 is 0 Å². The van der Waals surface area contributed by atoms with E-state index < -0.39 is 0 Å². The summed E-state index contributed by atoms with van der Waals surface area (Å²) in [4.78, 5) is 16.6. The number of aromatic nitrogens is 2. The Kier molecular flexibility index (Phi) is 2.68. The molecule has 0 aliphatic carbocycles. The maximum Gasteiger partial charge on any atom is 0.262 e. The first-order valence-electron chi connectivity index (χ1n) is 5.81. The SMILES string of the molecule is COCn1c(=O)c2cccnc2c2cc(O)ccc21. The fraction of sp³-hybridized carbons (Fsp3) is 0.143. The quantitative estimate of drug-likeness (QED) is 0.711. The van der Waals surface area contributed by atoms with Crippen molar-refractivity contribution in [3.8, 4) is 5.75 Å². The number of hydrogen-bond donors (Lipinski definition) is 1. The fourth-order valence-electron chi connectivity index (χ4n) is 2.25. The van der Waals surface area contributed by atoms with Crippen molar-refractivity contribution in [3.05, 3.63) is 46.9 Å². The Morgan fingerprint density at radius 2 is 2.16 bits per heavy atom. The summed E-state index contributed by atoms with van der Waals surface area (Å²) < 4.78 is 6.60. The van der Waals surface area contributed by atoms with E-state index in [4.69, 9.17) is 4.74 Å². The number of nitrogens with zero attached hydrogens (tertiary/aromatic N) is 2. The number of methoxy groups -OCH3 is 1. The minimum Gasteiger partial charge on any atom is -0.508 e. The molecular weight excluding hydrogens is 244 g/mol. The Hall–Kier alpha value is -2.40. The minimum absolute atomic E-state index is 0.141. The van der Waals surface area contributed by atoms with Gasteiger partial charge in [0.2, 0.25) is 0 Å². The van der Waals surface area contributed by atoms with Crippen molar-refractivity contribution in [3.63, 3.8) is 0 Å².